The van der Waals surface area contributed by atoms with E-state index in [1.165, 1.54) is 0 Å². The molecule has 6 rings (SSSR count). The van der Waals surface area contributed by atoms with E-state index in [1.807, 2.05) is 60.7 Å². The van der Waals surface area contributed by atoms with E-state index in [-0.39, 0.29) is 6.07 Å². The molecule has 0 saturated carbocycles. The van der Waals surface area contributed by atoms with Gasteiger partial charge in [-0.15, -0.1) is 0 Å². The van der Waals surface area contributed by atoms with Crippen molar-refractivity contribution in [1.82, 2.24) is 0 Å². The van der Waals surface area contributed by atoms with Gasteiger partial charge in [0.15, 0.2) is 0 Å². The Bertz CT molecular complexity index is 1760. The first-order chi connectivity index (χ1) is 18.1. The van der Waals surface area contributed by atoms with Gasteiger partial charge in [-0.1, -0.05) is 60.7 Å². The van der Waals surface area contributed by atoms with Crippen LogP contribution in [0, 0.1) is 0 Å². The number of hydrogen-bond acceptors (Lipinski definition) is 3. The smallest absolute Gasteiger partial charge is 0.391 e. The lowest BCUT2D eigenvalue weighted by Gasteiger charge is -2.13. The monoisotopic (exact) mass is 544 g/mol. The van der Waals surface area contributed by atoms with Gasteiger partial charge in [-0.05, 0) is 51.9 Å². The summed E-state index contributed by atoms with van der Waals surface area (Å²) in [6, 6.07) is 23.2. The van der Waals surface area contributed by atoms with Crippen LogP contribution in [-0.2, 0) is 12.4 Å². The highest BCUT2D eigenvalue weighted by molar-refractivity contribution is 7.32. The highest BCUT2D eigenvalue weighted by atomic mass is 31.1. The lowest BCUT2D eigenvalue weighted by molar-refractivity contribution is -0.143. The minimum Gasteiger partial charge on any atom is -0.391 e. The molecule has 0 aliphatic heterocycles. The molecule has 0 spiro atoms. The van der Waals surface area contributed by atoms with Crippen LogP contribution in [-0.4, -0.2) is 0 Å². The first-order valence-electron chi connectivity index (χ1n) is 11.3. The Morgan fingerprint density at radius 1 is 0.553 bits per heavy atom. The van der Waals surface area contributed by atoms with Crippen LogP contribution in [0.1, 0.15) is 11.1 Å². The average molecular weight is 544 g/mol. The quantitative estimate of drug-likeness (QED) is 0.204. The van der Waals surface area contributed by atoms with Gasteiger partial charge in [-0.3, -0.25) is 0 Å². The Balaban J connectivity index is 1.66. The third-order valence-electron chi connectivity index (χ3n) is 6.12. The van der Waals surface area contributed by atoms with E-state index < -0.39 is 37.5 Å². The zero-order valence-electron chi connectivity index (χ0n) is 19.1. The molecule has 6 aromatic rings. The molecule has 3 nitrogen and oxygen atoms in total. The summed E-state index contributed by atoms with van der Waals surface area (Å²) in [4.78, 5) is 0. The topological polar surface area (TPSA) is 35.5 Å². The van der Waals surface area contributed by atoms with E-state index in [0.29, 0.717) is 34.1 Å². The Labute approximate surface area is 211 Å². The number of benzene rings is 5. The molecule has 1 heterocycles. The predicted molar refractivity (Wildman–Crippen MR) is 134 cm³/mol. The molecule has 0 bridgehead atoms. The van der Waals surface area contributed by atoms with Crippen molar-refractivity contribution in [2.75, 3.05) is 0 Å². The summed E-state index contributed by atoms with van der Waals surface area (Å²) in [5, 5.41) is 4.86. The maximum Gasteiger partial charge on any atom is 0.453 e. The van der Waals surface area contributed by atoms with E-state index >= 15 is 0 Å². The van der Waals surface area contributed by atoms with Crippen molar-refractivity contribution in [2.24, 2.45) is 0 Å². The Morgan fingerprint density at radius 2 is 1.00 bits per heavy atom. The van der Waals surface area contributed by atoms with E-state index in [4.69, 9.17) is 12.9 Å². The summed E-state index contributed by atoms with van der Waals surface area (Å²) in [6.07, 6.45) is -10.0. The molecular weight excluding hydrogens is 529 g/mol. The maximum atomic E-state index is 13.4. The third-order valence-corrected chi connectivity index (χ3v) is 7.17. The van der Waals surface area contributed by atoms with Crippen molar-refractivity contribution in [3.63, 3.8) is 0 Å². The van der Waals surface area contributed by atoms with Crippen LogP contribution in [0.15, 0.2) is 99.4 Å². The SMILES string of the molecule is FC(F)(F)c1cc(Op2oc3ccc4ccccc4c3c3c(ccc4ccccc43)o2)cc(C(F)(F)F)c1. The van der Waals surface area contributed by atoms with Crippen LogP contribution in [0.2, 0.25) is 0 Å². The summed E-state index contributed by atoms with van der Waals surface area (Å²) in [7, 11) is -2.49. The molecule has 0 saturated heterocycles. The summed E-state index contributed by atoms with van der Waals surface area (Å²) in [5.74, 6) is -0.676. The highest BCUT2D eigenvalue weighted by Crippen LogP contribution is 2.44. The zero-order valence-corrected chi connectivity index (χ0v) is 20.0. The Hall–Kier alpha value is -4.10. The van der Waals surface area contributed by atoms with Gasteiger partial charge in [0.05, 0.1) is 11.1 Å². The van der Waals surface area contributed by atoms with Crippen molar-refractivity contribution in [3.8, 4) is 5.75 Å². The lowest BCUT2D eigenvalue weighted by atomic mass is 9.99. The summed E-state index contributed by atoms with van der Waals surface area (Å²) in [5.41, 5.74) is -2.34. The molecule has 5 aromatic carbocycles. The second-order valence-electron chi connectivity index (χ2n) is 8.56. The Kier molecular flexibility index (Phi) is 5.58. The van der Waals surface area contributed by atoms with E-state index in [0.717, 1.165) is 21.5 Å². The Morgan fingerprint density at radius 3 is 1.45 bits per heavy atom. The molecule has 0 atom stereocenters. The maximum absolute atomic E-state index is 13.4. The number of rotatable bonds is 2. The predicted octanol–water partition coefficient (Wildman–Crippen LogP) is 10.5. The van der Waals surface area contributed by atoms with Gasteiger partial charge in [-0.2, -0.15) is 26.3 Å². The van der Waals surface area contributed by atoms with Crippen molar-refractivity contribution in [3.05, 3.63) is 102 Å². The van der Waals surface area contributed by atoms with Crippen LogP contribution >= 0.6 is 8.24 Å². The van der Waals surface area contributed by atoms with Gasteiger partial charge in [0, 0.05) is 10.8 Å². The fraction of sp³-hybridized carbons (Fsp3) is 0.0714. The molecule has 0 unspecified atom stereocenters. The summed E-state index contributed by atoms with van der Waals surface area (Å²) in [6.45, 7) is 0. The highest BCUT2D eigenvalue weighted by Gasteiger charge is 2.37. The van der Waals surface area contributed by atoms with Gasteiger partial charge in [-0.25, -0.2) is 0 Å². The molecule has 0 radical (unpaired) electrons. The first kappa shape index (κ1) is 24.2. The second-order valence-corrected chi connectivity index (χ2v) is 9.55. The molecule has 0 fully saturated rings. The van der Waals surface area contributed by atoms with Crippen LogP contribution in [0.4, 0.5) is 26.3 Å². The van der Waals surface area contributed by atoms with Crippen molar-refractivity contribution >= 4 is 51.7 Å². The number of hydrogen-bond donors (Lipinski definition) is 0. The lowest BCUT2D eigenvalue weighted by Crippen LogP contribution is -2.10. The molecule has 0 amide bonds. The van der Waals surface area contributed by atoms with Gasteiger partial charge >= 0.3 is 20.6 Å². The minimum atomic E-state index is -5.02. The molecule has 0 aliphatic carbocycles. The third kappa shape index (κ3) is 4.33. The van der Waals surface area contributed by atoms with Gasteiger partial charge in [0.1, 0.15) is 16.9 Å². The van der Waals surface area contributed by atoms with Crippen molar-refractivity contribution < 1.29 is 39.3 Å². The molecule has 0 aliphatic rings. The van der Waals surface area contributed by atoms with Gasteiger partial charge in [0.25, 0.3) is 0 Å². The van der Waals surface area contributed by atoms with Crippen LogP contribution in [0.3, 0.4) is 0 Å². The molecule has 38 heavy (non-hydrogen) atoms. The van der Waals surface area contributed by atoms with Gasteiger partial charge < -0.3 is 12.9 Å². The minimum absolute atomic E-state index is 0.0395. The largest absolute Gasteiger partial charge is 0.453 e. The van der Waals surface area contributed by atoms with E-state index in [9.17, 15) is 26.3 Å². The fourth-order valence-electron chi connectivity index (χ4n) is 4.45. The van der Waals surface area contributed by atoms with Crippen LogP contribution in [0.5, 0.6) is 5.75 Å². The van der Waals surface area contributed by atoms with Gasteiger partial charge in [0.2, 0.25) is 0 Å². The number of alkyl halides is 6. The van der Waals surface area contributed by atoms with Crippen molar-refractivity contribution in [2.45, 2.75) is 12.4 Å². The van der Waals surface area contributed by atoms with Crippen molar-refractivity contribution in [1.29, 1.82) is 0 Å². The van der Waals surface area contributed by atoms with Crippen LogP contribution in [0.25, 0.3) is 43.5 Å². The summed E-state index contributed by atoms with van der Waals surface area (Å²) >= 11 is 0. The summed E-state index contributed by atoms with van der Waals surface area (Å²) < 4.78 is 97.9. The second kappa shape index (κ2) is 8.74. The number of fused-ring (bicyclic) bond motifs is 7. The molecule has 192 valence electrons. The molecule has 1 aromatic heterocycles. The normalized spacial score (nSPS) is 12.5. The molecule has 0 N–H and O–H groups in total. The first-order valence-corrected chi connectivity index (χ1v) is 12.3. The standard InChI is InChI=1S/C28H15F6O3P/c29-27(30,31)18-13-19(28(32,33)34)15-20(14-18)35-38-36-23-11-9-16-5-1-3-7-21(16)25(23)26-22-8-4-2-6-17(22)10-12-24(26)37-38/h1-15H. The molecular formula is C28H15F6O3P. The zero-order chi connectivity index (χ0) is 26.7. The van der Waals surface area contributed by atoms with Crippen LogP contribution < -0.4 is 4.52 Å². The number of halogens is 6. The average Bonchev–Trinajstić information content (AvgIpc) is 3.04. The fourth-order valence-corrected chi connectivity index (χ4v) is 5.47. The van der Waals surface area contributed by atoms with E-state index in [2.05, 4.69) is 0 Å². The van der Waals surface area contributed by atoms with E-state index in [1.54, 1.807) is 12.1 Å². The molecule has 10 heteroatoms.